The molecule has 0 saturated heterocycles. The minimum atomic E-state index is 0.686. The fourth-order valence-electron chi connectivity index (χ4n) is 5.24. The van der Waals surface area contributed by atoms with Crippen LogP contribution in [0.1, 0.15) is 50.8 Å². The Morgan fingerprint density at radius 1 is 1.17 bits per heavy atom. The molecule has 4 saturated carbocycles. The highest BCUT2D eigenvalue weighted by Gasteiger charge is 2.50. The molecule has 18 heavy (non-hydrogen) atoms. The first-order valence-corrected chi connectivity index (χ1v) is 7.82. The Morgan fingerprint density at radius 2 is 1.78 bits per heavy atom. The summed E-state index contributed by atoms with van der Waals surface area (Å²) < 4.78 is 3.03. The lowest BCUT2D eigenvalue weighted by atomic mass is 9.51. The molecule has 4 aliphatic carbocycles. The molecule has 98 valence electrons. The summed E-state index contributed by atoms with van der Waals surface area (Å²) in [4.78, 5) is 0. The van der Waals surface area contributed by atoms with Crippen LogP contribution in [0.2, 0.25) is 0 Å². The van der Waals surface area contributed by atoms with Crippen LogP contribution >= 0.6 is 12.2 Å². The van der Waals surface area contributed by atoms with Gasteiger partial charge in [-0.3, -0.25) is 5.10 Å². The molecule has 1 N–H and O–H groups in total. The van der Waals surface area contributed by atoms with Crippen molar-refractivity contribution < 1.29 is 0 Å². The van der Waals surface area contributed by atoms with Gasteiger partial charge in [0.15, 0.2) is 4.77 Å². The highest BCUT2D eigenvalue weighted by Crippen LogP contribution is 2.59. The molecule has 4 fully saturated rings. The van der Waals surface area contributed by atoms with Gasteiger partial charge < -0.3 is 4.57 Å². The first-order valence-electron chi connectivity index (χ1n) is 7.41. The Morgan fingerprint density at radius 3 is 2.33 bits per heavy atom. The minimum Gasteiger partial charge on any atom is -0.304 e. The Hall–Kier alpha value is -0.640. The SMILES string of the molecule is CCn1c(C2C3CC4CC(C3)CC2C4)n[nH]c1=S. The van der Waals surface area contributed by atoms with Crippen molar-refractivity contribution in [1.82, 2.24) is 14.8 Å². The maximum atomic E-state index is 5.35. The standard InChI is InChI=1S/C14H21N3S/c1-2-17-13(15-16-14(17)18)12-10-4-8-3-9(6-10)7-11(12)5-8/h8-12H,2-7H2,1H3,(H,16,18). The smallest absolute Gasteiger partial charge is 0.195 e. The maximum Gasteiger partial charge on any atom is 0.195 e. The van der Waals surface area contributed by atoms with Crippen molar-refractivity contribution in [2.45, 2.75) is 51.5 Å². The van der Waals surface area contributed by atoms with Crippen LogP contribution in [0.25, 0.3) is 0 Å². The lowest BCUT2D eigenvalue weighted by molar-refractivity contribution is -0.00685. The molecule has 0 radical (unpaired) electrons. The monoisotopic (exact) mass is 263 g/mol. The summed E-state index contributed by atoms with van der Waals surface area (Å²) in [7, 11) is 0. The Bertz CT molecular complexity index is 487. The van der Waals surface area contributed by atoms with E-state index in [1.807, 2.05) is 0 Å². The molecule has 3 nitrogen and oxygen atoms in total. The van der Waals surface area contributed by atoms with E-state index in [0.717, 1.165) is 35.0 Å². The zero-order chi connectivity index (χ0) is 12.3. The molecular formula is C14H21N3S. The summed E-state index contributed by atoms with van der Waals surface area (Å²) in [6.45, 7) is 3.12. The van der Waals surface area contributed by atoms with Gasteiger partial charge in [0.1, 0.15) is 5.82 Å². The second kappa shape index (κ2) is 3.92. The van der Waals surface area contributed by atoms with Crippen LogP contribution in [0.5, 0.6) is 0 Å². The van der Waals surface area contributed by atoms with E-state index in [-0.39, 0.29) is 0 Å². The molecule has 0 spiro atoms. The molecule has 1 aromatic rings. The van der Waals surface area contributed by atoms with Gasteiger partial charge in [-0.2, -0.15) is 5.10 Å². The Kier molecular flexibility index (Phi) is 2.44. The molecule has 1 heterocycles. The number of nitrogens with zero attached hydrogens (tertiary/aromatic N) is 2. The predicted molar refractivity (Wildman–Crippen MR) is 72.9 cm³/mol. The number of aromatic nitrogens is 3. The zero-order valence-corrected chi connectivity index (χ0v) is 11.7. The van der Waals surface area contributed by atoms with Gasteiger partial charge in [0.05, 0.1) is 0 Å². The topological polar surface area (TPSA) is 33.6 Å². The summed E-state index contributed by atoms with van der Waals surface area (Å²) in [6, 6.07) is 0. The van der Waals surface area contributed by atoms with E-state index in [0.29, 0.717) is 5.92 Å². The molecule has 0 amide bonds. The van der Waals surface area contributed by atoms with E-state index < -0.39 is 0 Å². The minimum absolute atomic E-state index is 0.686. The van der Waals surface area contributed by atoms with Crippen LogP contribution in [0, 0.1) is 28.4 Å². The van der Waals surface area contributed by atoms with E-state index in [1.54, 1.807) is 0 Å². The maximum absolute atomic E-state index is 5.35. The third-order valence-corrected chi connectivity index (χ3v) is 5.94. The number of H-pyrrole nitrogens is 1. The highest BCUT2D eigenvalue weighted by molar-refractivity contribution is 7.71. The largest absolute Gasteiger partial charge is 0.304 e. The zero-order valence-electron chi connectivity index (χ0n) is 10.9. The van der Waals surface area contributed by atoms with Crippen LogP contribution in [0.3, 0.4) is 0 Å². The second-order valence-corrected chi connectivity index (χ2v) is 6.97. The fraction of sp³-hybridized carbons (Fsp3) is 0.857. The number of hydrogen-bond acceptors (Lipinski definition) is 2. The molecule has 0 atom stereocenters. The van der Waals surface area contributed by atoms with Crippen molar-refractivity contribution in [3.8, 4) is 0 Å². The molecule has 0 aromatic carbocycles. The van der Waals surface area contributed by atoms with Crippen molar-refractivity contribution in [3.05, 3.63) is 10.6 Å². The number of aromatic amines is 1. The molecule has 4 aliphatic rings. The van der Waals surface area contributed by atoms with Crippen LogP contribution in [-0.4, -0.2) is 14.8 Å². The van der Waals surface area contributed by atoms with Crippen LogP contribution < -0.4 is 0 Å². The molecule has 4 heteroatoms. The van der Waals surface area contributed by atoms with E-state index in [9.17, 15) is 0 Å². The molecule has 0 aliphatic heterocycles. The number of hydrogen-bond donors (Lipinski definition) is 1. The van der Waals surface area contributed by atoms with Crippen molar-refractivity contribution in [3.63, 3.8) is 0 Å². The second-order valence-electron chi connectivity index (χ2n) is 6.59. The summed E-state index contributed by atoms with van der Waals surface area (Å²) >= 11 is 5.35. The first-order chi connectivity index (χ1) is 8.76. The van der Waals surface area contributed by atoms with Gasteiger partial charge in [-0.1, -0.05) is 0 Å². The van der Waals surface area contributed by atoms with Gasteiger partial charge >= 0.3 is 0 Å². The first kappa shape index (κ1) is 11.2. The van der Waals surface area contributed by atoms with Gasteiger partial charge in [0.25, 0.3) is 0 Å². The van der Waals surface area contributed by atoms with Crippen LogP contribution in [0.15, 0.2) is 0 Å². The quantitative estimate of drug-likeness (QED) is 0.829. The number of rotatable bonds is 2. The van der Waals surface area contributed by atoms with E-state index in [2.05, 4.69) is 21.7 Å². The molecular weight excluding hydrogens is 242 g/mol. The van der Waals surface area contributed by atoms with Crippen LogP contribution in [-0.2, 0) is 6.54 Å². The molecule has 4 bridgehead atoms. The van der Waals surface area contributed by atoms with E-state index >= 15 is 0 Å². The third-order valence-electron chi connectivity index (χ3n) is 5.63. The van der Waals surface area contributed by atoms with Crippen LogP contribution in [0.4, 0.5) is 0 Å². The Labute approximate surface area is 113 Å². The van der Waals surface area contributed by atoms with Gasteiger partial charge in [-0.05, 0) is 74.9 Å². The average molecular weight is 263 g/mol. The van der Waals surface area contributed by atoms with Gasteiger partial charge in [0, 0.05) is 12.5 Å². The van der Waals surface area contributed by atoms with E-state index in [4.69, 9.17) is 12.2 Å². The lowest BCUT2D eigenvalue weighted by Crippen LogP contribution is -2.44. The lowest BCUT2D eigenvalue weighted by Gasteiger charge is -2.54. The molecule has 5 rings (SSSR count). The highest BCUT2D eigenvalue weighted by atomic mass is 32.1. The van der Waals surface area contributed by atoms with Gasteiger partial charge in [-0.15, -0.1) is 0 Å². The summed E-state index contributed by atoms with van der Waals surface area (Å²) in [5.74, 6) is 5.77. The molecule has 1 aromatic heterocycles. The Balaban J connectivity index is 1.74. The average Bonchev–Trinajstić information content (AvgIpc) is 2.69. The summed E-state index contributed by atoms with van der Waals surface area (Å²) in [5, 5.41) is 7.59. The molecule has 0 unspecified atom stereocenters. The third kappa shape index (κ3) is 1.47. The van der Waals surface area contributed by atoms with Crippen molar-refractivity contribution in [2.75, 3.05) is 0 Å². The summed E-state index contributed by atoms with van der Waals surface area (Å²) in [6.07, 6.45) is 7.30. The van der Waals surface area contributed by atoms with Crippen molar-refractivity contribution in [1.29, 1.82) is 0 Å². The fourth-order valence-corrected chi connectivity index (χ4v) is 5.50. The normalized spacial score (nSPS) is 41.5. The van der Waals surface area contributed by atoms with E-state index in [1.165, 1.54) is 37.9 Å². The van der Waals surface area contributed by atoms with Crippen molar-refractivity contribution >= 4 is 12.2 Å². The predicted octanol–water partition coefficient (Wildman–Crippen LogP) is 3.50. The van der Waals surface area contributed by atoms with Crippen molar-refractivity contribution in [2.24, 2.45) is 23.7 Å². The van der Waals surface area contributed by atoms with Gasteiger partial charge in [-0.25, -0.2) is 0 Å². The summed E-state index contributed by atoms with van der Waals surface area (Å²) in [5.41, 5.74) is 0. The van der Waals surface area contributed by atoms with Gasteiger partial charge in [0.2, 0.25) is 0 Å². The number of nitrogens with one attached hydrogen (secondary N) is 1.